The van der Waals surface area contributed by atoms with Gasteiger partial charge in [0.15, 0.2) is 7.14 Å². The Labute approximate surface area is 187 Å². The molecular formula is C25H27BrNO2P. The van der Waals surface area contributed by atoms with Crippen LogP contribution in [0.5, 0.6) is 5.75 Å². The third kappa shape index (κ3) is 4.42. The number of phenols is 1. The summed E-state index contributed by atoms with van der Waals surface area (Å²) >= 11 is 3.54. The predicted octanol–water partition coefficient (Wildman–Crippen LogP) is 6.09. The lowest BCUT2D eigenvalue weighted by Crippen LogP contribution is -2.38. The van der Waals surface area contributed by atoms with E-state index in [2.05, 4.69) is 21.2 Å². The zero-order valence-corrected chi connectivity index (χ0v) is 19.4. The molecule has 0 heterocycles. The lowest BCUT2D eigenvalue weighted by Gasteiger charge is -2.35. The van der Waals surface area contributed by atoms with Crippen molar-refractivity contribution in [3.05, 3.63) is 88.9 Å². The van der Waals surface area contributed by atoms with Crippen molar-refractivity contribution in [2.45, 2.75) is 43.9 Å². The molecule has 3 aromatic rings. The standard InChI is InChI=1S/C25H27BrNO2P/c26-19-16-17-24(28)23(18-19)25(27-20-10-4-1-5-11-20)30(29,21-12-6-2-7-13-21)22-14-8-3-9-15-22/h2-3,6-9,12-18,20,25,27-28H,1,4-5,10-11H2/t25-/m0/s1. The molecule has 156 valence electrons. The van der Waals surface area contributed by atoms with Crippen LogP contribution in [0.3, 0.4) is 0 Å². The van der Waals surface area contributed by atoms with Crippen LogP contribution in [0.25, 0.3) is 0 Å². The fourth-order valence-corrected chi connectivity index (χ4v) is 7.90. The molecule has 30 heavy (non-hydrogen) atoms. The van der Waals surface area contributed by atoms with Gasteiger partial charge < -0.3 is 15.0 Å². The Kier molecular flexibility index (Phi) is 6.77. The van der Waals surface area contributed by atoms with Gasteiger partial charge >= 0.3 is 0 Å². The van der Waals surface area contributed by atoms with Gasteiger partial charge in [-0.1, -0.05) is 95.9 Å². The van der Waals surface area contributed by atoms with Crippen molar-refractivity contribution in [1.29, 1.82) is 0 Å². The molecule has 1 saturated carbocycles. The summed E-state index contributed by atoms with van der Waals surface area (Å²) in [6.07, 6.45) is 5.73. The van der Waals surface area contributed by atoms with Crippen molar-refractivity contribution < 1.29 is 9.67 Å². The van der Waals surface area contributed by atoms with Crippen molar-refractivity contribution in [3.63, 3.8) is 0 Å². The minimum Gasteiger partial charge on any atom is -0.508 e. The first kappa shape index (κ1) is 21.4. The minimum atomic E-state index is -3.16. The molecule has 0 bridgehead atoms. The number of halogens is 1. The molecule has 0 radical (unpaired) electrons. The van der Waals surface area contributed by atoms with Gasteiger partial charge in [0.2, 0.25) is 0 Å². The second-order valence-electron chi connectivity index (χ2n) is 7.94. The van der Waals surface area contributed by atoms with Gasteiger partial charge in [0.1, 0.15) is 5.75 Å². The topological polar surface area (TPSA) is 49.3 Å². The molecule has 0 saturated heterocycles. The molecular weight excluding hydrogens is 457 g/mol. The van der Waals surface area contributed by atoms with Gasteiger partial charge in [0.05, 0.1) is 5.78 Å². The maximum Gasteiger partial charge on any atom is 0.163 e. The second kappa shape index (κ2) is 9.51. The SMILES string of the molecule is O=P(c1ccccc1)(c1ccccc1)[C@H](NC1CCCCC1)c1cc(Br)ccc1O. The molecule has 0 amide bonds. The summed E-state index contributed by atoms with van der Waals surface area (Å²) in [6, 6.07) is 25.1. The number of aromatic hydroxyl groups is 1. The van der Waals surface area contributed by atoms with Gasteiger partial charge in [-0.15, -0.1) is 0 Å². The van der Waals surface area contributed by atoms with E-state index in [4.69, 9.17) is 0 Å². The van der Waals surface area contributed by atoms with Crippen molar-refractivity contribution >= 4 is 33.7 Å². The van der Waals surface area contributed by atoms with E-state index in [0.717, 1.165) is 27.9 Å². The first-order chi connectivity index (χ1) is 14.6. The molecule has 5 heteroatoms. The maximum absolute atomic E-state index is 15.1. The third-order valence-corrected chi connectivity index (χ3v) is 9.70. The zero-order valence-electron chi connectivity index (χ0n) is 16.9. The Morgan fingerprint density at radius 1 is 0.867 bits per heavy atom. The van der Waals surface area contributed by atoms with E-state index in [9.17, 15) is 5.11 Å². The van der Waals surface area contributed by atoms with E-state index < -0.39 is 12.9 Å². The smallest absolute Gasteiger partial charge is 0.163 e. The van der Waals surface area contributed by atoms with Crippen molar-refractivity contribution in [3.8, 4) is 5.75 Å². The summed E-state index contributed by atoms with van der Waals surface area (Å²) < 4.78 is 15.9. The summed E-state index contributed by atoms with van der Waals surface area (Å²) in [4.78, 5) is 0. The highest BCUT2D eigenvalue weighted by Crippen LogP contribution is 2.57. The Morgan fingerprint density at radius 2 is 1.43 bits per heavy atom. The molecule has 2 N–H and O–H groups in total. The third-order valence-electron chi connectivity index (χ3n) is 5.93. The summed E-state index contributed by atoms with van der Waals surface area (Å²) in [5.41, 5.74) is 0.672. The maximum atomic E-state index is 15.1. The fourth-order valence-electron chi connectivity index (χ4n) is 4.37. The molecule has 0 aliphatic heterocycles. The van der Waals surface area contributed by atoms with Crippen LogP contribution in [0.2, 0.25) is 0 Å². The summed E-state index contributed by atoms with van der Waals surface area (Å²) in [5, 5.41) is 16.1. The van der Waals surface area contributed by atoms with Gasteiger partial charge in [-0.2, -0.15) is 0 Å². The van der Waals surface area contributed by atoms with Crippen LogP contribution >= 0.6 is 23.1 Å². The predicted molar refractivity (Wildman–Crippen MR) is 128 cm³/mol. The van der Waals surface area contributed by atoms with Crippen LogP contribution < -0.4 is 15.9 Å². The molecule has 0 aromatic heterocycles. The van der Waals surface area contributed by atoms with Gasteiger partial charge in [-0.3, -0.25) is 0 Å². The minimum absolute atomic E-state index is 0.165. The number of nitrogens with one attached hydrogen (secondary N) is 1. The monoisotopic (exact) mass is 483 g/mol. The Hall–Kier alpha value is -1.87. The van der Waals surface area contributed by atoms with Crippen molar-refractivity contribution in [1.82, 2.24) is 5.32 Å². The van der Waals surface area contributed by atoms with E-state index in [1.807, 2.05) is 72.8 Å². The first-order valence-electron chi connectivity index (χ1n) is 10.5. The van der Waals surface area contributed by atoms with E-state index in [1.54, 1.807) is 6.07 Å². The van der Waals surface area contributed by atoms with Crippen LogP contribution in [-0.2, 0) is 4.57 Å². The van der Waals surface area contributed by atoms with Crippen LogP contribution in [0, 0.1) is 0 Å². The normalized spacial score (nSPS) is 16.3. The molecule has 1 atom stereocenters. The average molecular weight is 484 g/mol. The molecule has 1 fully saturated rings. The molecule has 1 aliphatic carbocycles. The summed E-state index contributed by atoms with van der Waals surface area (Å²) in [7, 11) is -3.16. The highest BCUT2D eigenvalue weighted by Gasteiger charge is 2.40. The zero-order chi connectivity index (χ0) is 21.0. The molecule has 0 spiro atoms. The largest absolute Gasteiger partial charge is 0.508 e. The quantitative estimate of drug-likeness (QED) is 0.417. The lowest BCUT2D eigenvalue weighted by atomic mass is 9.95. The number of benzene rings is 3. The van der Waals surface area contributed by atoms with E-state index in [0.29, 0.717) is 5.56 Å². The molecule has 0 unspecified atom stereocenters. The highest BCUT2D eigenvalue weighted by atomic mass is 79.9. The Morgan fingerprint density at radius 3 is 2.00 bits per heavy atom. The Balaban J connectivity index is 1.91. The van der Waals surface area contributed by atoms with Crippen LogP contribution in [0.15, 0.2) is 83.3 Å². The lowest BCUT2D eigenvalue weighted by molar-refractivity contribution is 0.361. The number of hydrogen-bond acceptors (Lipinski definition) is 3. The van der Waals surface area contributed by atoms with E-state index in [-0.39, 0.29) is 11.8 Å². The fraction of sp³-hybridized carbons (Fsp3) is 0.280. The Bertz CT molecular complexity index is 976. The van der Waals surface area contributed by atoms with Gasteiger partial charge in [-0.05, 0) is 31.0 Å². The molecule has 3 nitrogen and oxygen atoms in total. The molecule has 1 aliphatic rings. The van der Waals surface area contributed by atoms with Crippen LogP contribution in [0.1, 0.15) is 43.5 Å². The van der Waals surface area contributed by atoms with Crippen molar-refractivity contribution in [2.75, 3.05) is 0 Å². The van der Waals surface area contributed by atoms with Gasteiger partial charge in [-0.25, -0.2) is 0 Å². The summed E-state index contributed by atoms with van der Waals surface area (Å²) in [5.74, 6) is -0.346. The molecule has 3 aromatic carbocycles. The van der Waals surface area contributed by atoms with Gasteiger partial charge in [0, 0.05) is 26.7 Å². The average Bonchev–Trinajstić information content (AvgIpc) is 2.80. The van der Waals surface area contributed by atoms with Crippen molar-refractivity contribution in [2.24, 2.45) is 0 Å². The number of hydrogen-bond donors (Lipinski definition) is 2. The number of phenolic OH excluding ortho intramolecular Hbond substituents is 1. The first-order valence-corrected chi connectivity index (χ1v) is 13.1. The highest BCUT2D eigenvalue weighted by molar-refractivity contribution is 9.10. The second-order valence-corrected chi connectivity index (χ2v) is 11.7. The number of rotatable bonds is 6. The van der Waals surface area contributed by atoms with Crippen LogP contribution in [0.4, 0.5) is 0 Å². The summed E-state index contributed by atoms with van der Waals surface area (Å²) in [6.45, 7) is 0. The van der Waals surface area contributed by atoms with Gasteiger partial charge in [0.25, 0.3) is 0 Å². The van der Waals surface area contributed by atoms with Crippen LogP contribution in [-0.4, -0.2) is 11.1 Å². The van der Waals surface area contributed by atoms with E-state index >= 15 is 4.57 Å². The van der Waals surface area contributed by atoms with E-state index in [1.165, 1.54) is 19.3 Å². The molecule has 4 rings (SSSR count).